The first kappa shape index (κ1) is 22.7. The van der Waals surface area contributed by atoms with Crippen molar-refractivity contribution >= 4 is 51.3 Å². The molecule has 0 spiro atoms. The Bertz CT molecular complexity index is 1150. The van der Waals surface area contributed by atoms with Gasteiger partial charge in [-0.15, -0.1) is 0 Å². The Balaban J connectivity index is 1.56. The molecule has 2 aromatic heterocycles. The Morgan fingerprint density at radius 3 is 3.03 bits per heavy atom. The minimum absolute atomic E-state index is 0.287. The maximum absolute atomic E-state index is 10.9. The molecule has 0 saturated carbocycles. The maximum Gasteiger partial charge on any atom is 0.218 e. The Kier molecular flexibility index (Phi) is 7.36. The molecular weight excluding hydrogens is 444 g/mol. The number of hydrogen-bond donors (Lipinski definition) is 4. The fourth-order valence-electron chi connectivity index (χ4n) is 3.69. The van der Waals surface area contributed by atoms with Crippen LogP contribution < -0.4 is 16.4 Å². The number of amides is 1. The quantitative estimate of drug-likeness (QED) is 0.265. The molecule has 1 aromatic carbocycles. The molecule has 1 aliphatic rings. The summed E-state index contributed by atoms with van der Waals surface area (Å²) in [6.45, 7) is 2.13. The van der Waals surface area contributed by atoms with Crippen molar-refractivity contribution < 1.29 is 8.98 Å². The number of pyridine rings is 1. The van der Waals surface area contributed by atoms with Gasteiger partial charge in [0.05, 0.1) is 30.6 Å². The molecule has 3 heterocycles. The van der Waals surface area contributed by atoms with Crippen LogP contribution in [0.25, 0.3) is 22.0 Å². The molecule has 8 nitrogen and oxygen atoms in total. The van der Waals surface area contributed by atoms with Crippen LogP contribution in [0.4, 0.5) is 5.69 Å². The lowest BCUT2D eigenvalue weighted by Gasteiger charge is -2.13. The van der Waals surface area contributed by atoms with Gasteiger partial charge in [-0.1, -0.05) is 23.9 Å². The van der Waals surface area contributed by atoms with Crippen LogP contribution in [0.15, 0.2) is 46.5 Å². The Morgan fingerprint density at radius 1 is 1.38 bits per heavy atom. The van der Waals surface area contributed by atoms with E-state index in [0.717, 1.165) is 56.6 Å². The average Bonchev–Trinajstić information content (AvgIpc) is 3.43. The number of aliphatic imine (C=N–C) groups is 1. The first-order chi connectivity index (χ1) is 15.6. The lowest BCUT2D eigenvalue weighted by Crippen LogP contribution is -2.28. The van der Waals surface area contributed by atoms with Gasteiger partial charge in [0, 0.05) is 66.6 Å². The van der Waals surface area contributed by atoms with Crippen LogP contribution in [0.1, 0.15) is 12.1 Å². The number of H-pyrrole nitrogens is 1. The van der Waals surface area contributed by atoms with Gasteiger partial charge in [0.25, 0.3) is 0 Å². The molecule has 32 heavy (non-hydrogen) atoms. The maximum atomic E-state index is 10.9. The number of carbonyl (C=O) groups excluding carboxylic acids is 1. The summed E-state index contributed by atoms with van der Waals surface area (Å²) in [5, 5.41) is 9.92. The van der Waals surface area contributed by atoms with E-state index < -0.39 is 0 Å². The summed E-state index contributed by atoms with van der Waals surface area (Å²) in [7, 11) is 3.57. The second-order valence-electron chi connectivity index (χ2n) is 7.30. The second kappa shape index (κ2) is 10.4. The number of nitrogens with two attached hydrogens (primary N) is 1. The van der Waals surface area contributed by atoms with Gasteiger partial charge in [0.2, 0.25) is 5.91 Å². The topological polar surface area (TPSA) is 117 Å². The highest BCUT2D eigenvalue weighted by molar-refractivity contribution is 8.15. The fourth-order valence-corrected chi connectivity index (χ4v) is 5.27. The SMILES string of the molecule is CNc1c(-c2cccnc2SOC)ccc2cc(C3=NCC(CNCCC(N)=O)S3)[nH]c12. The minimum Gasteiger partial charge on any atom is -0.386 e. The van der Waals surface area contributed by atoms with Crippen LogP contribution in [-0.4, -0.2) is 60.0 Å². The molecule has 0 fully saturated rings. The largest absolute Gasteiger partial charge is 0.386 e. The number of primary amides is 1. The van der Waals surface area contributed by atoms with E-state index in [0.29, 0.717) is 18.2 Å². The molecule has 0 bridgehead atoms. The van der Waals surface area contributed by atoms with Crippen molar-refractivity contribution in [1.29, 1.82) is 0 Å². The van der Waals surface area contributed by atoms with Gasteiger partial charge in [-0.2, -0.15) is 0 Å². The van der Waals surface area contributed by atoms with Gasteiger partial charge >= 0.3 is 0 Å². The van der Waals surface area contributed by atoms with E-state index in [4.69, 9.17) is 14.9 Å². The van der Waals surface area contributed by atoms with Crippen molar-refractivity contribution in [3.05, 3.63) is 42.2 Å². The normalized spacial score (nSPS) is 15.8. The Hall–Kier alpha value is -2.53. The highest BCUT2D eigenvalue weighted by atomic mass is 32.2. The summed E-state index contributed by atoms with van der Waals surface area (Å²) in [5.41, 5.74) is 10.3. The zero-order chi connectivity index (χ0) is 22.5. The number of nitrogens with one attached hydrogen (secondary N) is 3. The van der Waals surface area contributed by atoms with Gasteiger partial charge in [0.1, 0.15) is 10.1 Å². The molecule has 1 atom stereocenters. The Morgan fingerprint density at radius 2 is 2.25 bits per heavy atom. The van der Waals surface area contributed by atoms with Crippen LogP contribution in [0.3, 0.4) is 0 Å². The molecule has 4 rings (SSSR count). The first-order valence-electron chi connectivity index (χ1n) is 10.3. The van der Waals surface area contributed by atoms with E-state index in [1.807, 2.05) is 19.2 Å². The lowest BCUT2D eigenvalue weighted by atomic mass is 10.0. The molecule has 3 aromatic rings. The number of fused-ring (bicyclic) bond motifs is 1. The zero-order valence-corrected chi connectivity index (χ0v) is 19.6. The molecule has 5 N–H and O–H groups in total. The van der Waals surface area contributed by atoms with Crippen LogP contribution in [0.2, 0.25) is 0 Å². The summed E-state index contributed by atoms with van der Waals surface area (Å²) in [6.07, 6.45) is 2.12. The van der Waals surface area contributed by atoms with E-state index in [1.165, 1.54) is 12.0 Å². The van der Waals surface area contributed by atoms with E-state index >= 15 is 0 Å². The molecular formula is C22H26N6O2S2. The summed E-state index contributed by atoms with van der Waals surface area (Å²) in [6, 6.07) is 10.3. The Labute approximate surface area is 195 Å². The predicted octanol–water partition coefficient (Wildman–Crippen LogP) is 3.25. The number of anilines is 1. The van der Waals surface area contributed by atoms with Gasteiger partial charge in [-0.3, -0.25) is 9.79 Å². The monoisotopic (exact) mass is 470 g/mol. The standard InChI is InChI=1S/C22H26N6O2S2/c1-24-20-15(16-4-3-8-26-21(16)32-30-2)6-5-13-10-17(28-19(13)20)22-27-12-14(31-22)11-25-9-7-18(23)29/h3-6,8,10,14,24-25,28H,7,9,11-12H2,1-2H3,(H2,23,29). The predicted molar refractivity (Wildman–Crippen MR) is 133 cm³/mol. The van der Waals surface area contributed by atoms with Gasteiger partial charge in [0.15, 0.2) is 0 Å². The third kappa shape index (κ3) is 4.93. The molecule has 168 valence electrons. The van der Waals surface area contributed by atoms with Crippen molar-refractivity contribution in [3.8, 4) is 11.1 Å². The van der Waals surface area contributed by atoms with Crippen LogP contribution >= 0.6 is 23.8 Å². The minimum atomic E-state index is -0.287. The number of nitrogens with zero attached hydrogens (tertiary/aromatic N) is 2. The summed E-state index contributed by atoms with van der Waals surface area (Å²) >= 11 is 3.00. The highest BCUT2D eigenvalue weighted by Crippen LogP contribution is 2.39. The number of carbonyl (C=O) groups is 1. The molecule has 10 heteroatoms. The van der Waals surface area contributed by atoms with E-state index in [9.17, 15) is 4.79 Å². The van der Waals surface area contributed by atoms with E-state index in [-0.39, 0.29) is 5.91 Å². The van der Waals surface area contributed by atoms with E-state index in [2.05, 4.69) is 38.8 Å². The van der Waals surface area contributed by atoms with Gasteiger partial charge < -0.3 is 25.5 Å². The van der Waals surface area contributed by atoms with E-state index in [1.54, 1.807) is 25.1 Å². The fraction of sp³-hybridized carbons (Fsp3) is 0.318. The summed E-state index contributed by atoms with van der Waals surface area (Å²) < 4.78 is 5.26. The van der Waals surface area contributed by atoms with Gasteiger partial charge in [-0.25, -0.2) is 4.98 Å². The first-order valence-corrected chi connectivity index (χ1v) is 11.9. The zero-order valence-electron chi connectivity index (χ0n) is 18.0. The molecule has 1 unspecified atom stereocenters. The third-order valence-electron chi connectivity index (χ3n) is 5.14. The number of rotatable bonds is 10. The number of benzene rings is 1. The van der Waals surface area contributed by atoms with Crippen molar-refractivity contribution in [2.24, 2.45) is 10.7 Å². The van der Waals surface area contributed by atoms with Crippen LogP contribution in [0.5, 0.6) is 0 Å². The van der Waals surface area contributed by atoms with Gasteiger partial charge in [-0.05, 0) is 18.2 Å². The van der Waals surface area contributed by atoms with Crippen LogP contribution in [0, 0.1) is 0 Å². The number of thioether (sulfide) groups is 1. The summed E-state index contributed by atoms with van der Waals surface area (Å²) in [5.74, 6) is -0.287. The summed E-state index contributed by atoms with van der Waals surface area (Å²) in [4.78, 5) is 23.6. The number of aromatic amines is 1. The van der Waals surface area contributed by atoms with Crippen molar-refractivity contribution in [1.82, 2.24) is 15.3 Å². The third-order valence-corrected chi connectivity index (χ3v) is 7.01. The van der Waals surface area contributed by atoms with Crippen molar-refractivity contribution in [2.45, 2.75) is 16.7 Å². The highest BCUT2D eigenvalue weighted by Gasteiger charge is 2.23. The lowest BCUT2D eigenvalue weighted by molar-refractivity contribution is -0.117. The number of hydrogen-bond acceptors (Lipinski definition) is 8. The van der Waals surface area contributed by atoms with Crippen molar-refractivity contribution in [3.63, 3.8) is 0 Å². The smallest absolute Gasteiger partial charge is 0.218 e. The van der Waals surface area contributed by atoms with Crippen molar-refractivity contribution in [2.75, 3.05) is 39.1 Å². The van der Waals surface area contributed by atoms with Crippen LogP contribution in [-0.2, 0) is 8.98 Å². The molecule has 1 amide bonds. The molecule has 0 aliphatic carbocycles. The molecule has 0 radical (unpaired) electrons. The second-order valence-corrected chi connectivity index (χ2v) is 9.47. The number of aromatic nitrogens is 2. The molecule has 0 saturated heterocycles. The average molecular weight is 471 g/mol. The molecule has 1 aliphatic heterocycles.